The Balaban J connectivity index is 2.43. The molecular weight excluding hydrogens is 50.0 g/mol. The zero-order chi connectivity index (χ0) is 3.41. The van der Waals surface area contributed by atoms with Gasteiger partial charge in [0.2, 0.25) is 0 Å². The molecule has 0 fully saturated rings. The molecule has 0 radical (unpaired) electrons. The molecule has 0 aliphatic heterocycles. The van der Waals surface area contributed by atoms with E-state index in [1.807, 2.05) is 6.92 Å². The molecule has 0 aromatic heterocycles. The van der Waals surface area contributed by atoms with Crippen molar-refractivity contribution in [1.82, 2.24) is 0 Å². The number of nitrogens with zero attached hydrogens (tertiary/aromatic N) is 1. The van der Waals surface area contributed by atoms with Gasteiger partial charge in [0.05, 0.1) is 0 Å². The van der Waals surface area contributed by atoms with E-state index in [1.165, 1.54) is 0 Å². The largest absolute Gasteiger partial charge is 0.260 e. The van der Waals surface area contributed by atoms with Crippen molar-refractivity contribution < 1.29 is 0 Å². The van der Waals surface area contributed by atoms with Crippen LogP contribution >= 0.6 is 0 Å². The lowest BCUT2D eigenvalue weighted by atomic mass is 10.8. The van der Waals surface area contributed by atoms with Crippen LogP contribution in [0.2, 0.25) is 0 Å². The standard InChI is InChI=1S/C3H6N/c1-3-4-2/h2H,3H2,1H3/q+1. The fraction of sp³-hybridized carbons (Fsp3) is 0.667. The SMILES string of the molecule is C#[N+]CC. The molecule has 22 valence electrons. The van der Waals surface area contributed by atoms with Crippen molar-refractivity contribution >= 4 is 0 Å². The number of hydrogen-bond donors (Lipinski definition) is 0. The van der Waals surface area contributed by atoms with Crippen molar-refractivity contribution in [3.63, 3.8) is 0 Å². The molecule has 0 aromatic rings. The molecule has 0 bridgehead atoms. The minimum absolute atomic E-state index is 0.722. The van der Waals surface area contributed by atoms with Crippen molar-refractivity contribution in [2.75, 3.05) is 6.54 Å². The molecule has 0 saturated carbocycles. The Morgan fingerprint density at radius 3 is 2.25 bits per heavy atom. The first-order valence-electron chi connectivity index (χ1n) is 1.28. The number of hydrogen-bond acceptors (Lipinski definition) is 0. The van der Waals surface area contributed by atoms with Crippen LogP contribution in [0, 0.1) is 6.57 Å². The first-order chi connectivity index (χ1) is 1.91. The van der Waals surface area contributed by atoms with Gasteiger partial charge in [0, 0.05) is 6.92 Å². The molecule has 4 heavy (non-hydrogen) atoms. The van der Waals surface area contributed by atoms with Crippen LogP contribution in [0.4, 0.5) is 0 Å². The lowest BCUT2D eigenvalue weighted by molar-refractivity contribution is 1.35. The molecule has 0 saturated heterocycles. The Bertz CT molecular complexity index is 33.0. The first-order valence-corrected chi connectivity index (χ1v) is 1.28. The van der Waals surface area contributed by atoms with E-state index in [0.717, 1.165) is 6.54 Å². The van der Waals surface area contributed by atoms with Crippen molar-refractivity contribution in [1.29, 1.82) is 0 Å². The molecule has 0 aliphatic carbocycles. The lowest BCUT2D eigenvalue weighted by Gasteiger charge is -1.38. The van der Waals surface area contributed by atoms with Gasteiger partial charge in [-0.3, -0.25) is 0 Å². The van der Waals surface area contributed by atoms with Gasteiger partial charge < -0.3 is 0 Å². The summed E-state index contributed by atoms with van der Waals surface area (Å²) in [6.07, 6.45) is 0. The third-order valence-corrected chi connectivity index (χ3v) is 0.183. The highest BCUT2D eigenvalue weighted by molar-refractivity contribution is 4.58. The smallest absolute Gasteiger partial charge is 0.0873 e. The second kappa shape index (κ2) is 2.49. The zero-order valence-electron chi connectivity index (χ0n) is 2.73. The summed E-state index contributed by atoms with van der Waals surface area (Å²) in [7, 11) is 0. The van der Waals surface area contributed by atoms with Gasteiger partial charge in [-0.25, -0.2) is 0 Å². The fourth-order valence-electron chi connectivity index (χ4n) is 0. The molecule has 0 aliphatic rings. The summed E-state index contributed by atoms with van der Waals surface area (Å²) in [5.41, 5.74) is 0. The van der Waals surface area contributed by atoms with Gasteiger partial charge >= 0.3 is 0 Å². The fourth-order valence-corrected chi connectivity index (χ4v) is 0. The molecule has 0 amide bonds. The third kappa shape index (κ3) is 1.49. The summed E-state index contributed by atoms with van der Waals surface area (Å²) in [4.78, 5) is 3.24. The van der Waals surface area contributed by atoms with Crippen LogP contribution in [-0.2, 0) is 0 Å². The van der Waals surface area contributed by atoms with Gasteiger partial charge in [-0.1, -0.05) is 4.85 Å². The van der Waals surface area contributed by atoms with Gasteiger partial charge in [-0.2, -0.15) is 0 Å². The van der Waals surface area contributed by atoms with E-state index >= 15 is 0 Å². The third-order valence-electron chi connectivity index (χ3n) is 0.183. The van der Waals surface area contributed by atoms with Gasteiger partial charge in [0.25, 0.3) is 13.1 Å². The maximum Gasteiger partial charge on any atom is 0.260 e. The van der Waals surface area contributed by atoms with Gasteiger partial charge in [-0.15, -0.1) is 0 Å². The predicted molar refractivity (Wildman–Crippen MR) is 18.8 cm³/mol. The van der Waals surface area contributed by atoms with E-state index in [4.69, 9.17) is 0 Å². The van der Waals surface area contributed by atoms with Crippen LogP contribution in [0.3, 0.4) is 0 Å². The Labute approximate surface area is 26.1 Å². The van der Waals surface area contributed by atoms with Gasteiger partial charge in [-0.05, 0) is 0 Å². The molecule has 1 nitrogen and oxygen atoms in total. The molecule has 0 spiro atoms. The monoisotopic (exact) mass is 56.0 g/mol. The Morgan fingerprint density at radius 2 is 2.25 bits per heavy atom. The summed E-state index contributed by atoms with van der Waals surface area (Å²) in [6.45, 7) is 7.26. The maximum atomic E-state index is 4.65. The van der Waals surface area contributed by atoms with Crippen molar-refractivity contribution in [3.05, 3.63) is 4.85 Å². The molecular formula is C3H6N+. The molecule has 0 rings (SSSR count). The second-order valence-electron chi connectivity index (χ2n) is 0.499. The quantitative estimate of drug-likeness (QED) is 0.389. The topological polar surface area (TPSA) is 4.36 Å². The van der Waals surface area contributed by atoms with E-state index < -0.39 is 0 Å². The van der Waals surface area contributed by atoms with E-state index in [9.17, 15) is 0 Å². The first kappa shape index (κ1) is 3.49. The van der Waals surface area contributed by atoms with E-state index in [1.54, 1.807) is 0 Å². The average Bonchev–Trinajstić information content (AvgIpc) is 1.37. The zero-order valence-corrected chi connectivity index (χ0v) is 2.73. The molecule has 0 aromatic carbocycles. The summed E-state index contributed by atoms with van der Waals surface area (Å²) >= 11 is 0. The molecule has 0 unspecified atom stereocenters. The summed E-state index contributed by atoms with van der Waals surface area (Å²) in [5.74, 6) is 0. The molecule has 1 heteroatoms. The van der Waals surface area contributed by atoms with Crippen LogP contribution in [0.15, 0.2) is 0 Å². The highest BCUT2D eigenvalue weighted by Gasteiger charge is 1.59. The Morgan fingerprint density at radius 1 is 2.00 bits per heavy atom. The summed E-state index contributed by atoms with van der Waals surface area (Å²) < 4.78 is 0. The number of rotatable bonds is 0. The van der Waals surface area contributed by atoms with Crippen molar-refractivity contribution in [2.24, 2.45) is 0 Å². The minimum atomic E-state index is 0.722. The summed E-state index contributed by atoms with van der Waals surface area (Å²) in [5, 5.41) is 0. The maximum absolute atomic E-state index is 4.65. The Kier molecular flexibility index (Phi) is 2.17. The van der Waals surface area contributed by atoms with Gasteiger partial charge in [0.15, 0.2) is 0 Å². The van der Waals surface area contributed by atoms with Crippen LogP contribution in [0.5, 0.6) is 0 Å². The lowest BCUT2D eigenvalue weighted by Crippen LogP contribution is -1.47. The highest BCUT2D eigenvalue weighted by atomic mass is 14.6. The van der Waals surface area contributed by atoms with Crippen molar-refractivity contribution in [3.8, 4) is 6.57 Å². The normalized spacial score (nSPS) is 5.00. The van der Waals surface area contributed by atoms with E-state index in [2.05, 4.69) is 11.4 Å². The Hall–Kier alpha value is -0.510. The van der Waals surface area contributed by atoms with Crippen LogP contribution in [0.1, 0.15) is 6.92 Å². The average molecular weight is 56.1 g/mol. The van der Waals surface area contributed by atoms with Gasteiger partial charge in [0.1, 0.15) is 0 Å². The van der Waals surface area contributed by atoms with E-state index in [0.29, 0.717) is 0 Å². The minimum Gasteiger partial charge on any atom is -0.0873 e. The van der Waals surface area contributed by atoms with E-state index in [-0.39, 0.29) is 0 Å². The van der Waals surface area contributed by atoms with Crippen LogP contribution in [-0.4, -0.2) is 6.54 Å². The highest BCUT2D eigenvalue weighted by Crippen LogP contribution is 1.52. The molecule has 0 heterocycles. The molecule has 0 N–H and O–H groups in total. The van der Waals surface area contributed by atoms with Crippen molar-refractivity contribution in [2.45, 2.75) is 6.92 Å². The second-order valence-corrected chi connectivity index (χ2v) is 0.499. The van der Waals surface area contributed by atoms with Crippen LogP contribution < -0.4 is 0 Å². The summed E-state index contributed by atoms with van der Waals surface area (Å²) in [6, 6.07) is 0. The predicted octanol–water partition coefficient (Wildman–Crippen LogP) is 0.969. The molecule has 0 atom stereocenters. The van der Waals surface area contributed by atoms with Crippen LogP contribution in [0.25, 0.3) is 4.85 Å².